The van der Waals surface area contributed by atoms with Crippen LogP contribution in [0.25, 0.3) is 0 Å². The zero-order valence-corrected chi connectivity index (χ0v) is 11.9. The van der Waals surface area contributed by atoms with Gasteiger partial charge in [-0.3, -0.25) is 9.59 Å². The van der Waals surface area contributed by atoms with Gasteiger partial charge in [0, 0.05) is 26.1 Å². The van der Waals surface area contributed by atoms with Crippen molar-refractivity contribution >= 4 is 12.3 Å². The molecule has 0 spiro atoms. The van der Waals surface area contributed by atoms with Crippen LogP contribution in [0.3, 0.4) is 0 Å². The lowest BCUT2D eigenvalue weighted by Gasteiger charge is -2.33. The van der Waals surface area contributed by atoms with E-state index < -0.39 is 0 Å². The van der Waals surface area contributed by atoms with Crippen molar-refractivity contribution in [1.82, 2.24) is 10.2 Å². The number of terminal acetylenes is 1. The van der Waals surface area contributed by atoms with E-state index in [1.807, 2.05) is 0 Å². The predicted octanol–water partition coefficient (Wildman–Crippen LogP) is 1.27. The van der Waals surface area contributed by atoms with E-state index >= 15 is 0 Å². The van der Waals surface area contributed by atoms with Crippen molar-refractivity contribution in [3.8, 4) is 12.3 Å². The molecule has 0 aromatic heterocycles. The first kappa shape index (κ1) is 15.6. The van der Waals surface area contributed by atoms with Crippen molar-refractivity contribution in [2.45, 2.75) is 33.1 Å². The molecule has 1 aliphatic rings. The highest BCUT2D eigenvalue weighted by Gasteiger charge is 2.30. The lowest BCUT2D eigenvalue weighted by atomic mass is 9.82. The van der Waals surface area contributed by atoms with Crippen LogP contribution in [0.5, 0.6) is 0 Å². The average molecular weight is 264 g/mol. The van der Waals surface area contributed by atoms with E-state index in [2.05, 4.69) is 25.1 Å². The molecule has 0 bridgehead atoms. The first-order valence-electron chi connectivity index (χ1n) is 6.99. The summed E-state index contributed by atoms with van der Waals surface area (Å²) in [6, 6.07) is 0. The molecule has 1 heterocycles. The standard InChI is InChI=1S/C15H24N2O2/c1-4-5-7-16-15(19)14-10-17(11-18)8-6-12(2)9-13(14)3/h1,11-14H,5-10H2,2-3H3,(H,16,19). The summed E-state index contributed by atoms with van der Waals surface area (Å²) in [6.45, 7) is 6.04. The largest absolute Gasteiger partial charge is 0.355 e. The Bertz CT molecular complexity index is 349. The van der Waals surface area contributed by atoms with Crippen molar-refractivity contribution in [2.75, 3.05) is 19.6 Å². The molecule has 3 atom stereocenters. The van der Waals surface area contributed by atoms with Gasteiger partial charge in [-0.05, 0) is 24.7 Å². The third-order valence-corrected chi connectivity index (χ3v) is 3.86. The van der Waals surface area contributed by atoms with Gasteiger partial charge in [-0.1, -0.05) is 13.8 Å². The second-order valence-corrected chi connectivity index (χ2v) is 5.56. The zero-order valence-electron chi connectivity index (χ0n) is 11.9. The van der Waals surface area contributed by atoms with Gasteiger partial charge in [0.2, 0.25) is 12.3 Å². The van der Waals surface area contributed by atoms with Crippen molar-refractivity contribution < 1.29 is 9.59 Å². The first-order valence-corrected chi connectivity index (χ1v) is 6.99. The summed E-state index contributed by atoms with van der Waals surface area (Å²) in [5, 5.41) is 2.87. The Hall–Kier alpha value is -1.50. The number of likely N-dealkylation sites (tertiary alicyclic amines) is 1. The average Bonchev–Trinajstić information content (AvgIpc) is 2.37. The Kier molecular flexibility index (Phi) is 6.41. The summed E-state index contributed by atoms with van der Waals surface area (Å²) in [5.41, 5.74) is 0. The van der Waals surface area contributed by atoms with E-state index in [0.717, 1.165) is 25.8 Å². The van der Waals surface area contributed by atoms with E-state index in [1.165, 1.54) is 0 Å². The summed E-state index contributed by atoms with van der Waals surface area (Å²) in [7, 11) is 0. The van der Waals surface area contributed by atoms with Crippen LogP contribution in [-0.2, 0) is 9.59 Å². The van der Waals surface area contributed by atoms with Gasteiger partial charge in [-0.2, -0.15) is 0 Å². The zero-order chi connectivity index (χ0) is 14.3. The molecule has 106 valence electrons. The lowest BCUT2D eigenvalue weighted by molar-refractivity contribution is -0.129. The fourth-order valence-corrected chi connectivity index (χ4v) is 2.65. The van der Waals surface area contributed by atoms with Gasteiger partial charge >= 0.3 is 0 Å². The Balaban J connectivity index is 2.66. The minimum absolute atomic E-state index is 0.0173. The Labute approximate surface area is 115 Å². The van der Waals surface area contributed by atoms with Crippen LogP contribution in [0.4, 0.5) is 0 Å². The summed E-state index contributed by atoms with van der Waals surface area (Å²) in [5.74, 6) is 3.21. The molecule has 2 amide bonds. The molecule has 4 heteroatoms. The summed E-state index contributed by atoms with van der Waals surface area (Å²) >= 11 is 0. The van der Waals surface area contributed by atoms with E-state index in [0.29, 0.717) is 25.4 Å². The van der Waals surface area contributed by atoms with Crippen molar-refractivity contribution in [1.29, 1.82) is 0 Å². The fourth-order valence-electron chi connectivity index (χ4n) is 2.65. The quantitative estimate of drug-likeness (QED) is 0.472. The molecule has 0 aromatic rings. The van der Waals surface area contributed by atoms with Gasteiger partial charge in [0.05, 0.1) is 5.92 Å². The normalized spacial score (nSPS) is 27.8. The van der Waals surface area contributed by atoms with Gasteiger partial charge in [0.1, 0.15) is 0 Å². The van der Waals surface area contributed by atoms with Crippen molar-refractivity contribution in [2.24, 2.45) is 17.8 Å². The highest BCUT2D eigenvalue weighted by Crippen LogP contribution is 2.26. The second-order valence-electron chi connectivity index (χ2n) is 5.56. The van der Waals surface area contributed by atoms with Gasteiger partial charge in [0.15, 0.2) is 0 Å². The number of hydrogen-bond acceptors (Lipinski definition) is 2. The van der Waals surface area contributed by atoms with E-state index in [9.17, 15) is 9.59 Å². The maximum absolute atomic E-state index is 12.2. The molecular formula is C15H24N2O2. The van der Waals surface area contributed by atoms with Crippen LogP contribution in [0, 0.1) is 30.1 Å². The van der Waals surface area contributed by atoms with Crippen molar-refractivity contribution in [3.05, 3.63) is 0 Å². The van der Waals surface area contributed by atoms with Crippen LogP contribution in [0.2, 0.25) is 0 Å². The molecule has 19 heavy (non-hydrogen) atoms. The van der Waals surface area contributed by atoms with E-state index in [-0.39, 0.29) is 17.7 Å². The minimum Gasteiger partial charge on any atom is -0.355 e. The number of hydrogen-bond donors (Lipinski definition) is 1. The van der Waals surface area contributed by atoms with E-state index in [1.54, 1.807) is 4.90 Å². The molecule has 3 unspecified atom stereocenters. The highest BCUT2D eigenvalue weighted by atomic mass is 16.2. The molecule has 0 aromatic carbocycles. The Morgan fingerprint density at radius 2 is 2.26 bits per heavy atom. The SMILES string of the molecule is C#CCCNC(=O)C1CN(C=O)CCC(C)CC1C. The van der Waals surface area contributed by atoms with Crippen LogP contribution >= 0.6 is 0 Å². The molecule has 0 aliphatic carbocycles. The van der Waals surface area contributed by atoms with Gasteiger partial charge in [-0.15, -0.1) is 12.3 Å². The number of carbonyl (C=O) groups excluding carboxylic acids is 2. The Morgan fingerprint density at radius 1 is 1.53 bits per heavy atom. The monoisotopic (exact) mass is 264 g/mol. The molecule has 1 saturated heterocycles. The van der Waals surface area contributed by atoms with Gasteiger partial charge in [-0.25, -0.2) is 0 Å². The molecule has 1 fully saturated rings. The summed E-state index contributed by atoms with van der Waals surface area (Å²) < 4.78 is 0. The third-order valence-electron chi connectivity index (χ3n) is 3.86. The van der Waals surface area contributed by atoms with Crippen LogP contribution in [0.1, 0.15) is 33.1 Å². The highest BCUT2D eigenvalue weighted by molar-refractivity contribution is 5.79. The smallest absolute Gasteiger partial charge is 0.225 e. The Morgan fingerprint density at radius 3 is 2.89 bits per heavy atom. The topological polar surface area (TPSA) is 49.4 Å². The lowest BCUT2D eigenvalue weighted by Crippen LogP contribution is -2.44. The molecule has 1 aliphatic heterocycles. The molecule has 4 nitrogen and oxygen atoms in total. The maximum Gasteiger partial charge on any atom is 0.225 e. The number of nitrogens with zero attached hydrogens (tertiary/aromatic N) is 1. The van der Waals surface area contributed by atoms with Crippen LogP contribution in [-0.4, -0.2) is 36.9 Å². The van der Waals surface area contributed by atoms with Crippen molar-refractivity contribution in [3.63, 3.8) is 0 Å². The van der Waals surface area contributed by atoms with E-state index in [4.69, 9.17) is 6.42 Å². The minimum atomic E-state index is -0.134. The van der Waals surface area contributed by atoms with Crippen LogP contribution < -0.4 is 5.32 Å². The number of carbonyl (C=O) groups is 2. The second kappa shape index (κ2) is 7.83. The predicted molar refractivity (Wildman–Crippen MR) is 75.1 cm³/mol. The summed E-state index contributed by atoms with van der Waals surface area (Å²) in [6.07, 6.45) is 8.60. The number of nitrogens with one attached hydrogen (secondary N) is 1. The van der Waals surface area contributed by atoms with Crippen LogP contribution in [0.15, 0.2) is 0 Å². The van der Waals surface area contributed by atoms with Gasteiger partial charge < -0.3 is 10.2 Å². The molecule has 1 N–H and O–H groups in total. The number of rotatable bonds is 4. The van der Waals surface area contributed by atoms with Gasteiger partial charge in [0.25, 0.3) is 0 Å². The first-order chi connectivity index (χ1) is 9.08. The fraction of sp³-hybridized carbons (Fsp3) is 0.733. The summed E-state index contributed by atoms with van der Waals surface area (Å²) in [4.78, 5) is 24.9. The molecule has 1 rings (SSSR count). The number of amides is 2. The molecule has 0 saturated carbocycles. The maximum atomic E-state index is 12.2. The third kappa shape index (κ3) is 4.94. The molecular weight excluding hydrogens is 240 g/mol. The molecule has 0 radical (unpaired) electrons.